The van der Waals surface area contributed by atoms with Crippen LogP contribution in [0.4, 0.5) is 4.39 Å². The SMILES string of the molecule is COCOc1cc(F)c(C#N)cc1CO. The number of halogens is 1. The number of hydrogen-bond acceptors (Lipinski definition) is 4. The summed E-state index contributed by atoms with van der Waals surface area (Å²) in [7, 11) is 1.43. The molecule has 0 heterocycles. The van der Waals surface area contributed by atoms with Crippen LogP contribution in [0.5, 0.6) is 5.75 Å². The van der Waals surface area contributed by atoms with Crippen LogP contribution in [0.25, 0.3) is 0 Å². The van der Waals surface area contributed by atoms with Crippen molar-refractivity contribution in [2.75, 3.05) is 13.9 Å². The Morgan fingerprint density at radius 2 is 2.27 bits per heavy atom. The monoisotopic (exact) mass is 211 g/mol. The van der Waals surface area contributed by atoms with Crippen molar-refractivity contribution in [3.63, 3.8) is 0 Å². The molecule has 1 aromatic carbocycles. The zero-order chi connectivity index (χ0) is 11.3. The van der Waals surface area contributed by atoms with Gasteiger partial charge < -0.3 is 14.6 Å². The van der Waals surface area contributed by atoms with E-state index in [0.717, 1.165) is 6.07 Å². The standard InChI is InChI=1S/C10H10FNO3/c1-14-6-15-10-3-9(11)7(4-12)2-8(10)5-13/h2-3,13H,5-6H2,1H3. The zero-order valence-electron chi connectivity index (χ0n) is 8.16. The van der Waals surface area contributed by atoms with Crippen molar-refractivity contribution in [3.05, 3.63) is 29.1 Å². The van der Waals surface area contributed by atoms with Crippen LogP contribution in [-0.2, 0) is 11.3 Å². The Morgan fingerprint density at radius 1 is 1.53 bits per heavy atom. The van der Waals surface area contributed by atoms with E-state index in [9.17, 15) is 4.39 Å². The first-order chi connectivity index (χ1) is 7.22. The second kappa shape index (κ2) is 5.29. The molecule has 0 fully saturated rings. The highest BCUT2D eigenvalue weighted by atomic mass is 19.1. The number of nitriles is 1. The van der Waals surface area contributed by atoms with Gasteiger partial charge in [-0.15, -0.1) is 0 Å². The van der Waals surface area contributed by atoms with Crippen LogP contribution in [0, 0.1) is 17.1 Å². The molecule has 0 bridgehead atoms. The molecule has 0 aliphatic heterocycles. The van der Waals surface area contributed by atoms with E-state index < -0.39 is 5.82 Å². The maximum Gasteiger partial charge on any atom is 0.188 e. The van der Waals surface area contributed by atoms with E-state index in [4.69, 9.17) is 15.1 Å². The molecular formula is C10H10FNO3. The number of aliphatic hydroxyl groups is 1. The Hall–Kier alpha value is -1.64. The van der Waals surface area contributed by atoms with Crippen molar-refractivity contribution in [1.82, 2.24) is 0 Å². The predicted molar refractivity (Wildman–Crippen MR) is 49.5 cm³/mol. The topological polar surface area (TPSA) is 62.5 Å². The second-order valence-electron chi connectivity index (χ2n) is 2.76. The van der Waals surface area contributed by atoms with Gasteiger partial charge in [-0.1, -0.05) is 0 Å². The quantitative estimate of drug-likeness (QED) is 0.759. The minimum absolute atomic E-state index is 0.0433. The highest BCUT2D eigenvalue weighted by Crippen LogP contribution is 2.22. The maximum absolute atomic E-state index is 13.2. The first kappa shape index (κ1) is 11.4. The van der Waals surface area contributed by atoms with E-state index in [1.54, 1.807) is 6.07 Å². The van der Waals surface area contributed by atoms with Crippen LogP contribution in [0.1, 0.15) is 11.1 Å². The summed E-state index contributed by atoms with van der Waals surface area (Å²) in [5.41, 5.74) is 0.230. The van der Waals surface area contributed by atoms with Crippen molar-refractivity contribution in [1.29, 1.82) is 5.26 Å². The van der Waals surface area contributed by atoms with E-state index in [1.165, 1.54) is 13.2 Å². The van der Waals surface area contributed by atoms with Gasteiger partial charge in [0.15, 0.2) is 6.79 Å². The number of hydrogen-bond donors (Lipinski definition) is 1. The van der Waals surface area contributed by atoms with Gasteiger partial charge in [0, 0.05) is 18.7 Å². The third-order valence-electron chi connectivity index (χ3n) is 1.77. The third-order valence-corrected chi connectivity index (χ3v) is 1.77. The predicted octanol–water partition coefficient (Wildman–Crippen LogP) is 1.17. The number of nitrogens with zero attached hydrogens (tertiary/aromatic N) is 1. The average Bonchev–Trinajstić information content (AvgIpc) is 2.26. The molecule has 80 valence electrons. The molecular weight excluding hydrogens is 201 g/mol. The van der Waals surface area contributed by atoms with Gasteiger partial charge in [-0.3, -0.25) is 0 Å². The Balaban J connectivity index is 3.05. The molecule has 0 amide bonds. The van der Waals surface area contributed by atoms with Crippen LogP contribution in [0.2, 0.25) is 0 Å². The van der Waals surface area contributed by atoms with Crippen molar-refractivity contribution in [3.8, 4) is 11.8 Å². The van der Waals surface area contributed by atoms with E-state index in [2.05, 4.69) is 4.74 Å². The smallest absolute Gasteiger partial charge is 0.188 e. The molecule has 0 aliphatic rings. The Labute approximate surface area is 86.5 Å². The van der Waals surface area contributed by atoms with E-state index in [1.807, 2.05) is 0 Å². The number of aliphatic hydroxyl groups excluding tert-OH is 1. The van der Waals surface area contributed by atoms with Gasteiger partial charge in [0.05, 0.1) is 12.2 Å². The first-order valence-corrected chi connectivity index (χ1v) is 4.18. The molecule has 1 N–H and O–H groups in total. The van der Waals surface area contributed by atoms with Crippen molar-refractivity contribution >= 4 is 0 Å². The van der Waals surface area contributed by atoms with Gasteiger partial charge in [-0.05, 0) is 6.07 Å². The van der Waals surface area contributed by atoms with Crippen LogP contribution in [-0.4, -0.2) is 19.0 Å². The summed E-state index contributed by atoms with van der Waals surface area (Å²) in [5.74, 6) is -0.503. The highest BCUT2D eigenvalue weighted by Gasteiger charge is 2.10. The Kier molecular flexibility index (Phi) is 4.03. The maximum atomic E-state index is 13.2. The van der Waals surface area contributed by atoms with Crippen LogP contribution < -0.4 is 4.74 Å². The molecule has 0 aromatic heterocycles. The summed E-state index contributed by atoms with van der Waals surface area (Å²) < 4.78 is 22.8. The van der Waals surface area contributed by atoms with Gasteiger partial charge in [0.25, 0.3) is 0 Å². The summed E-state index contributed by atoms with van der Waals surface area (Å²) in [4.78, 5) is 0. The first-order valence-electron chi connectivity index (χ1n) is 4.18. The summed E-state index contributed by atoms with van der Waals surface area (Å²) in [5, 5.41) is 17.5. The Bertz CT molecular complexity index is 387. The summed E-state index contributed by atoms with van der Waals surface area (Å²) in [6.07, 6.45) is 0. The zero-order valence-corrected chi connectivity index (χ0v) is 8.16. The van der Waals surface area contributed by atoms with Gasteiger partial charge in [0.2, 0.25) is 0 Å². The van der Waals surface area contributed by atoms with Gasteiger partial charge in [-0.2, -0.15) is 5.26 Å². The molecule has 4 nitrogen and oxygen atoms in total. The molecule has 0 aliphatic carbocycles. The molecule has 0 radical (unpaired) electrons. The van der Waals surface area contributed by atoms with E-state index >= 15 is 0 Å². The van der Waals surface area contributed by atoms with Crippen LogP contribution >= 0.6 is 0 Å². The van der Waals surface area contributed by atoms with Crippen LogP contribution in [0.15, 0.2) is 12.1 Å². The lowest BCUT2D eigenvalue weighted by Crippen LogP contribution is -2.03. The van der Waals surface area contributed by atoms with E-state index in [0.29, 0.717) is 5.56 Å². The van der Waals surface area contributed by atoms with Gasteiger partial charge >= 0.3 is 0 Å². The number of methoxy groups -OCH3 is 1. The molecule has 0 saturated heterocycles. The molecule has 1 aromatic rings. The second-order valence-corrected chi connectivity index (χ2v) is 2.76. The fraction of sp³-hybridized carbons (Fsp3) is 0.300. The summed E-state index contributed by atoms with van der Waals surface area (Å²) in [6, 6.07) is 3.99. The summed E-state index contributed by atoms with van der Waals surface area (Å²) >= 11 is 0. The van der Waals surface area contributed by atoms with Crippen LogP contribution in [0.3, 0.4) is 0 Å². The summed E-state index contributed by atoms with van der Waals surface area (Å²) in [6.45, 7) is -0.369. The van der Waals surface area contributed by atoms with E-state index in [-0.39, 0.29) is 24.7 Å². The van der Waals surface area contributed by atoms with Crippen molar-refractivity contribution < 1.29 is 19.0 Å². The minimum atomic E-state index is -0.680. The lowest BCUT2D eigenvalue weighted by molar-refractivity contribution is 0.0493. The largest absolute Gasteiger partial charge is 0.467 e. The third kappa shape index (κ3) is 2.65. The van der Waals surface area contributed by atoms with Crippen molar-refractivity contribution in [2.24, 2.45) is 0 Å². The molecule has 0 spiro atoms. The molecule has 0 unspecified atom stereocenters. The van der Waals surface area contributed by atoms with Gasteiger partial charge in [-0.25, -0.2) is 4.39 Å². The minimum Gasteiger partial charge on any atom is -0.467 e. The van der Waals surface area contributed by atoms with Crippen molar-refractivity contribution in [2.45, 2.75) is 6.61 Å². The lowest BCUT2D eigenvalue weighted by Gasteiger charge is -2.09. The fourth-order valence-electron chi connectivity index (χ4n) is 1.07. The molecule has 15 heavy (non-hydrogen) atoms. The lowest BCUT2D eigenvalue weighted by atomic mass is 10.1. The average molecular weight is 211 g/mol. The fourth-order valence-corrected chi connectivity index (χ4v) is 1.07. The molecule has 0 saturated carbocycles. The number of rotatable bonds is 4. The molecule has 0 atom stereocenters. The van der Waals surface area contributed by atoms with Gasteiger partial charge in [0.1, 0.15) is 17.6 Å². The molecule has 1 rings (SSSR count). The Morgan fingerprint density at radius 3 is 2.80 bits per heavy atom. The number of ether oxygens (including phenoxy) is 2. The normalized spacial score (nSPS) is 9.73. The highest BCUT2D eigenvalue weighted by molar-refractivity contribution is 5.42. The number of benzene rings is 1. The molecule has 5 heteroatoms.